The van der Waals surface area contributed by atoms with E-state index < -0.39 is 0 Å². The van der Waals surface area contributed by atoms with Crippen molar-refractivity contribution in [1.82, 2.24) is 24.4 Å². The summed E-state index contributed by atoms with van der Waals surface area (Å²) in [7, 11) is 1.61. The second-order valence-electron chi connectivity index (χ2n) is 6.30. The summed E-state index contributed by atoms with van der Waals surface area (Å²) in [5.74, 6) is 0.874. The van der Waals surface area contributed by atoms with Gasteiger partial charge in [0.25, 0.3) is 5.91 Å². The molecular weight excluding hydrogens is 388 g/mol. The zero-order valence-corrected chi connectivity index (χ0v) is 16.9. The van der Waals surface area contributed by atoms with Crippen LogP contribution in [0.3, 0.4) is 0 Å². The Kier molecular flexibility index (Phi) is 5.05. The molecule has 0 aliphatic heterocycles. The molecule has 0 bridgehead atoms. The third-order valence-electron chi connectivity index (χ3n) is 4.46. The summed E-state index contributed by atoms with van der Waals surface area (Å²) in [5.41, 5.74) is 3.58. The maximum absolute atomic E-state index is 12.5. The van der Waals surface area contributed by atoms with Crippen molar-refractivity contribution in [3.05, 3.63) is 65.4 Å². The Hall–Kier alpha value is -3.59. The zero-order chi connectivity index (χ0) is 20.4. The van der Waals surface area contributed by atoms with Gasteiger partial charge in [-0.3, -0.25) is 10.1 Å². The van der Waals surface area contributed by atoms with E-state index in [-0.39, 0.29) is 5.91 Å². The summed E-state index contributed by atoms with van der Waals surface area (Å²) >= 11 is 1.10. The van der Waals surface area contributed by atoms with E-state index in [1.165, 1.54) is 0 Å². The van der Waals surface area contributed by atoms with Crippen LogP contribution < -0.4 is 10.1 Å². The van der Waals surface area contributed by atoms with Crippen LogP contribution in [-0.2, 0) is 0 Å². The van der Waals surface area contributed by atoms with Gasteiger partial charge in [-0.25, -0.2) is 4.68 Å². The van der Waals surface area contributed by atoms with Crippen LogP contribution in [0.25, 0.3) is 17.2 Å². The number of rotatable bonds is 5. The van der Waals surface area contributed by atoms with Crippen LogP contribution >= 0.6 is 11.5 Å². The topological polar surface area (TPSA) is 94.8 Å². The molecule has 9 heteroatoms. The molecule has 0 radical (unpaired) electrons. The van der Waals surface area contributed by atoms with Crippen LogP contribution in [0.5, 0.6) is 5.75 Å². The molecule has 2 aromatic carbocycles. The number of aryl methyl sites for hydroxylation is 1. The first kappa shape index (κ1) is 18.8. The Morgan fingerprint density at radius 3 is 2.66 bits per heavy atom. The molecule has 146 valence electrons. The number of benzene rings is 2. The molecule has 4 rings (SSSR count). The number of carbonyl (C=O) groups is 1. The van der Waals surface area contributed by atoms with Crippen molar-refractivity contribution in [2.24, 2.45) is 0 Å². The molecule has 2 aromatic heterocycles. The summed E-state index contributed by atoms with van der Waals surface area (Å²) in [4.78, 5) is 16.9. The molecule has 0 saturated heterocycles. The number of amides is 1. The van der Waals surface area contributed by atoms with Crippen LogP contribution in [0.4, 0.5) is 5.13 Å². The van der Waals surface area contributed by atoms with Crippen molar-refractivity contribution in [2.45, 2.75) is 13.8 Å². The smallest absolute Gasteiger partial charge is 0.257 e. The van der Waals surface area contributed by atoms with Crippen LogP contribution in [0.15, 0.2) is 48.5 Å². The second kappa shape index (κ2) is 7.80. The van der Waals surface area contributed by atoms with Crippen molar-refractivity contribution in [3.8, 4) is 23.0 Å². The van der Waals surface area contributed by atoms with Gasteiger partial charge in [0, 0.05) is 17.1 Å². The van der Waals surface area contributed by atoms with Crippen LogP contribution in [-0.4, -0.2) is 37.4 Å². The predicted molar refractivity (Wildman–Crippen MR) is 111 cm³/mol. The molecule has 2 heterocycles. The first-order valence-electron chi connectivity index (χ1n) is 8.85. The maximum Gasteiger partial charge on any atom is 0.257 e. The molecule has 1 N–H and O–H groups in total. The first-order valence-corrected chi connectivity index (χ1v) is 9.62. The molecule has 29 heavy (non-hydrogen) atoms. The average molecular weight is 406 g/mol. The summed E-state index contributed by atoms with van der Waals surface area (Å²) in [6, 6.07) is 14.9. The lowest BCUT2D eigenvalue weighted by Gasteiger charge is -2.08. The fourth-order valence-electron chi connectivity index (χ4n) is 2.93. The SMILES string of the molecule is COc1ccccc1-n1nnc(-c2nsc(NC(=O)c3ccccc3C)n2)c1C. The quantitative estimate of drug-likeness (QED) is 0.543. The highest BCUT2D eigenvalue weighted by molar-refractivity contribution is 7.10. The molecule has 0 unspecified atom stereocenters. The van der Waals surface area contributed by atoms with E-state index in [1.807, 2.05) is 56.3 Å². The number of hydrogen-bond acceptors (Lipinski definition) is 7. The summed E-state index contributed by atoms with van der Waals surface area (Å²) < 4.78 is 11.4. The Morgan fingerprint density at radius 2 is 1.86 bits per heavy atom. The van der Waals surface area contributed by atoms with E-state index in [0.29, 0.717) is 28.0 Å². The standard InChI is InChI=1S/C20H18N6O2S/c1-12-8-4-5-9-14(12)19(27)22-20-21-18(24-29-20)17-13(2)26(25-23-17)15-10-6-7-11-16(15)28-3/h4-11H,1-3H3,(H,21,22,24,27). The minimum Gasteiger partial charge on any atom is -0.494 e. The van der Waals surface area contributed by atoms with Crippen LogP contribution in [0.2, 0.25) is 0 Å². The molecule has 0 spiro atoms. The summed E-state index contributed by atoms with van der Waals surface area (Å²) in [6.07, 6.45) is 0. The highest BCUT2D eigenvalue weighted by Crippen LogP contribution is 2.27. The molecule has 0 aliphatic rings. The number of methoxy groups -OCH3 is 1. The molecule has 0 fully saturated rings. The third kappa shape index (κ3) is 3.59. The second-order valence-corrected chi connectivity index (χ2v) is 7.05. The molecule has 8 nitrogen and oxygen atoms in total. The van der Waals surface area contributed by atoms with Crippen LogP contribution in [0, 0.1) is 13.8 Å². The van der Waals surface area contributed by atoms with Crippen molar-refractivity contribution in [2.75, 3.05) is 12.4 Å². The highest BCUT2D eigenvalue weighted by Gasteiger charge is 2.19. The van der Waals surface area contributed by atoms with Crippen molar-refractivity contribution >= 4 is 22.6 Å². The average Bonchev–Trinajstić information content (AvgIpc) is 3.34. The molecule has 1 amide bonds. The molecule has 0 aliphatic carbocycles. The fraction of sp³-hybridized carbons (Fsp3) is 0.150. The van der Waals surface area contributed by atoms with Gasteiger partial charge in [0.2, 0.25) is 5.13 Å². The van der Waals surface area contributed by atoms with Gasteiger partial charge in [0.05, 0.1) is 12.8 Å². The van der Waals surface area contributed by atoms with Gasteiger partial charge < -0.3 is 4.74 Å². The summed E-state index contributed by atoms with van der Waals surface area (Å²) in [6.45, 7) is 3.77. The third-order valence-corrected chi connectivity index (χ3v) is 5.09. The van der Waals surface area contributed by atoms with E-state index in [1.54, 1.807) is 17.9 Å². The largest absolute Gasteiger partial charge is 0.494 e. The normalized spacial score (nSPS) is 10.7. The van der Waals surface area contributed by atoms with Gasteiger partial charge in [-0.2, -0.15) is 9.36 Å². The zero-order valence-electron chi connectivity index (χ0n) is 16.1. The number of aromatic nitrogens is 5. The van der Waals surface area contributed by atoms with Crippen molar-refractivity contribution < 1.29 is 9.53 Å². The van der Waals surface area contributed by atoms with Gasteiger partial charge in [0.1, 0.15) is 11.4 Å². The van der Waals surface area contributed by atoms with Gasteiger partial charge in [0.15, 0.2) is 11.5 Å². The number of carbonyl (C=O) groups excluding carboxylic acids is 1. The monoisotopic (exact) mass is 406 g/mol. The predicted octanol–water partition coefficient (Wildman–Crippen LogP) is 3.66. The minimum atomic E-state index is -0.222. The van der Waals surface area contributed by atoms with Gasteiger partial charge in [-0.15, -0.1) is 5.10 Å². The van der Waals surface area contributed by atoms with E-state index in [2.05, 4.69) is 25.0 Å². The lowest BCUT2D eigenvalue weighted by Crippen LogP contribution is -2.13. The van der Waals surface area contributed by atoms with Gasteiger partial charge in [-0.1, -0.05) is 35.5 Å². The number of anilines is 1. The Bertz CT molecular complexity index is 1180. The molecule has 0 saturated carbocycles. The minimum absolute atomic E-state index is 0.222. The summed E-state index contributed by atoms with van der Waals surface area (Å²) in [5, 5.41) is 11.7. The highest BCUT2D eigenvalue weighted by atomic mass is 32.1. The number of ether oxygens (including phenoxy) is 1. The first-order chi connectivity index (χ1) is 14.1. The number of hydrogen-bond donors (Lipinski definition) is 1. The van der Waals surface area contributed by atoms with E-state index >= 15 is 0 Å². The molecule has 0 atom stereocenters. The van der Waals surface area contributed by atoms with Gasteiger partial charge in [-0.05, 0) is 37.6 Å². The van der Waals surface area contributed by atoms with Crippen LogP contribution in [0.1, 0.15) is 21.6 Å². The fourth-order valence-corrected chi connectivity index (χ4v) is 3.50. The Labute approximate surface area is 171 Å². The number of nitrogens with zero attached hydrogens (tertiary/aromatic N) is 5. The van der Waals surface area contributed by atoms with Gasteiger partial charge >= 0.3 is 0 Å². The van der Waals surface area contributed by atoms with E-state index in [9.17, 15) is 4.79 Å². The molecule has 4 aromatic rings. The van der Waals surface area contributed by atoms with E-state index in [0.717, 1.165) is 28.5 Å². The van der Waals surface area contributed by atoms with E-state index in [4.69, 9.17) is 4.74 Å². The Morgan fingerprint density at radius 1 is 1.10 bits per heavy atom. The van der Waals surface area contributed by atoms with Crippen molar-refractivity contribution in [1.29, 1.82) is 0 Å². The molecular formula is C20H18N6O2S. The van der Waals surface area contributed by atoms with Crippen molar-refractivity contribution in [3.63, 3.8) is 0 Å². The number of nitrogens with one attached hydrogen (secondary N) is 1. The Balaban J connectivity index is 1.60. The lowest BCUT2D eigenvalue weighted by molar-refractivity contribution is 0.102. The maximum atomic E-state index is 12.5. The lowest BCUT2D eigenvalue weighted by atomic mass is 10.1. The number of para-hydroxylation sites is 2.